The summed E-state index contributed by atoms with van der Waals surface area (Å²) in [6.45, 7) is 5.98. The maximum atomic E-state index is 9.33. The quantitative estimate of drug-likeness (QED) is 0.570. The zero-order valence-electron chi connectivity index (χ0n) is 6.97. The fourth-order valence-corrected chi connectivity index (χ4v) is 1.28. The van der Waals surface area contributed by atoms with Gasteiger partial charge in [0.25, 0.3) is 0 Å². The molecule has 0 radical (unpaired) electrons. The number of phenolic OH excluding ortho intramolecular Hbond substituents is 1. The van der Waals surface area contributed by atoms with E-state index in [1.807, 2.05) is 20.8 Å². The van der Waals surface area contributed by atoms with Gasteiger partial charge in [-0.3, -0.25) is 0 Å². The average Bonchev–Trinajstić information content (AvgIpc) is 1.97. The fraction of sp³-hybridized carbons (Fsp3) is 0.333. The van der Waals surface area contributed by atoms with Gasteiger partial charge in [-0.2, -0.15) is 0 Å². The lowest BCUT2D eigenvalue weighted by atomic mass is 10.0. The molecule has 0 bridgehead atoms. The van der Waals surface area contributed by atoms with Gasteiger partial charge in [0.2, 0.25) is 0 Å². The summed E-state index contributed by atoms with van der Waals surface area (Å²) >= 11 is 4.18. The maximum Gasteiger partial charge on any atom is 0.129 e. The zero-order chi connectivity index (χ0) is 8.59. The van der Waals surface area contributed by atoms with Crippen LogP contribution in [0.15, 0.2) is 11.0 Å². The van der Waals surface area contributed by atoms with Crippen molar-refractivity contribution in [3.63, 3.8) is 0 Å². The van der Waals surface area contributed by atoms with Crippen molar-refractivity contribution < 1.29 is 5.11 Å². The maximum absolute atomic E-state index is 9.33. The second kappa shape index (κ2) is 2.78. The van der Waals surface area contributed by atoms with Crippen LogP contribution >= 0.6 is 12.6 Å². The average molecular weight is 168 g/mol. The third-order valence-electron chi connectivity index (χ3n) is 2.11. The van der Waals surface area contributed by atoms with Crippen LogP contribution in [0.25, 0.3) is 0 Å². The van der Waals surface area contributed by atoms with Crippen LogP contribution in [0.3, 0.4) is 0 Å². The van der Waals surface area contributed by atoms with Crippen molar-refractivity contribution in [3.05, 3.63) is 22.8 Å². The van der Waals surface area contributed by atoms with Crippen molar-refractivity contribution in [3.8, 4) is 5.75 Å². The minimum Gasteiger partial charge on any atom is -0.507 e. The van der Waals surface area contributed by atoms with E-state index in [1.54, 1.807) is 6.07 Å². The van der Waals surface area contributed by atoms with Gasteiger partial charge in [0.1, 0.15) is 5.75 Å². The van der Waals surface area contributed by atoms with Gasteiger partial charge < -0.3 is 5.11 Å². The minimum atomic E-state index is 0.272. The molecule has 0 atom stereocenters. The molecule has 60 valence electrons. The van der Waals surface area contributed by atoms with Gasteiger partial charge in [-0.05, 0) is 43.5 Å². The molecule has 1 rings (SSSR count). The molecule has 0 aromatic heterocycles. The summed E-state index contributed by atoms with van der Waals surface area (Å²) in [6.07, 6.45) is 0. The minimum absolute atomic E-state index is 0.272. The molecular weight excluding hydrogens is 156 g/mol. The van der Waals surface area contributed by atoms with Crippen LogP contribution < -0.4 is 0 Å². The number of hydrogen-bond acceptors (Lipinski definition) is 2. The fourth-order valence-electron chi connectivity index (χ4n) is 1.05. The molecule has 1 nitrogen and oxygen atoms in total. The SMILES string of the molecule is Cc1cc(O)c(S)c(C)c1C. The van der Waals surface area contributed by atoms with Gasteiger partial charge >= 0.3 is 0 Å². The summed E-state index contributed by atoms with van der Waals surface area (Å²) in [5.74, 6) is 0.272. The highest BCUT2D eigenvalue weighted by molar-refractivity contribution is 7.80. The molecule has 0 aliphatic carbocycles. The molecular formula is C9H12OS. The second-order valence-corrected chi connectivity index (χ2v) is 3.26. The number of hydrogen-bond donors (Lipinski definition) is 2. The first-order chi connectivity index (χ1) is 5.04. The van der Waals surface area contributed by atoms with E-state index in [-0.39, 0.29) is 5.75 Å². The molecule has 0 spiro atoms. The molecule has 0 aliphatic rings. The van der Waals surface area contributed by atoms with E-state index < -0.39 is 0 Å². The molecule has 1 aromatic carbocycles. The van der Waals surface area contributed by atoms with Crippen LogP contribution in [0.1, 0.15) is 16.7 Å². The van der Waals surface area contributed by atoms with E-state index >= 15 is 0 Å². The highest BCUT2D eigenvalue weighted by atomic mass is 32.1. The van der Waals surface area contributed by atoms with E-state index in [1.165, 1.54) is 5.56 Å². The predicted molar refractivity (Wildman–Crippen MR) is 49.6 cm³/mol. The van der Waals surface area contributed by atoms with Crippen molar-refractivity contribution in [2.24, 2.45) is 0 Å². The normalized spacial score (nSPS) is 10.2. The molecule has 0 saturated heterocycles. The number of thiol groups is 1. The standard InChI is InChI=1S/C9H12OS/c1-5-4-8(10)9(11)7(3)6(5)2/h4,10-11H,1-3H3. The van der Waals surface area contributed by atoms with Gasteiger partial charge in [0.15, 0.2) is 0 Å². The van der Waals surface area contributed by atoms with E-state index in [2.05, 4.69) is 12.6 Å². The molecule has 0 aliphatic heterocycles. The summed E-state index contributed by atoms with van der Waals surface area (Å²) in [6, 6.07) is 1.74. The van der Waals surface area contributed by atoms with Crippen molar-refractivity contribution in [2.45, 2.75) is 25.7 Å². The largest absolute Gasteiger partial charge is 0.507 e. The summed E-state index contributed by atoms with van der Waals surface area (Å²) < 4.78 is 0. The van der Waals surface area contributed by atoms with Gasteiger partial charge in [-0.1, -0.05) is 0 Å². The molecule has 0 unspecified atom stereocenters. The van der Waals surface area contributed by atoms with Crippen molar-refractivity contribution >= 4 is 12.6 Å². The Hall–Kier alpha value is -0.630. The molecule has 1 N–H and O–H groups in total. The Morgan fingerprint density at radius 1 is 1.18 bits per heavy atom. The van der Waals surface area contributed by atoms with E-state index in [0.717, 1.165) is 11.1 Å². The first-order valence-corrected chi connectivity index (χ1v) is 3.97. The van der Waals surface area contributed by atoms with E-state index in [0.29, 0.717) is 4.90 Å². The van der Waals surface area contributed by atoms with Crippen molar-refractivity contribution in [2.75, 3.05) is 0 Å². The number of phenols is 1. The lowest BCUT2D eigenvalue weighted by Gasteiger charge is -2.08. The molecule has 2 heteroatoms. The lowest BCUT2D eigenvalue weighted by molar-refractivity contribution is 0.461. The summed E-state index contributed by atoms with van der Waals surface area (Å²) in [7, 11) is 0. The molecule has 1 aromatic rings. The van der Waals surface area contributed by atoms with Crippen LogP contribution in [0, 0.1) is 20.8 Å². The van der Waals surface area contributed by atoms with Crippen LogP contribution in [0.2, 0.25) is 0 Å². The Bertz CT molecular complexity index is 266. The summed E-state index contributed by atoms with van der Waals surface area (Å²) in [5, 5.41) is 9.33. The summed E-state index contributed by atoms with van der Waals surface area (Å²) in [4.78, 5) is 0.688. The van der Waals surface area contributed by atoms with Crippen LogP contribution in [0.4, 0.5) is 0 Å². The Balaban J connectivity index is 3.46. The first-order valence-electron chi connectivity index (χ1n) is 3.52. The lowest BCUT2D eigenvalue weighted by Crippen LogP contribution is -1.88. The topological polar surface area (TPSA) is 20.2 Å². The number of rotatable bonds is 0. The second-order valence-electron chi connectivity index (χ2n) is 2.81. The first kappa shape index (κ1) is 8.47. The summed E-state index contributed by atoms with van der Waals surface area (Å²) in [5.41, 5.74) is 3.37. The highest BCUT2D eigenvalue weighted by Gasteiger charge is 2.05. The van der Waals surface area contributed by atoms with Crippen LogP contribution in [-0.2, 0) is 0 Å². The molecule has 11 heavy (non-hydrogen) atoms. The predicted octanol–water partition coefficient (Wildman–Crippen LogP) is 2.61. The van der Waals surface area contributed by atoms with Crippen LogP contribution in [0.5, 0.6) is 5.75 Å². The van der Waals surface area contributed by atoms with Crippen LogP contribution in [-0.4, -0.2) is 5.11 Å². The van der Waals surface area contributed by atoms with Crippen molar-refractivity contribution in [1.29, 1.82) is 0 Å². The van der Waals surface area contributed by atoms with Crippen molar-refractivity contribution in [1.82, 2.24) is 0 Å². The Kier molecular flexibility index (Phi) is 2.14. The Labute approximate surface area is 72.5 Å². The third kappa shape index (κ3) is 1.36. The third-order valence-corrected chi connectivity index (χ3v) is 2.67. The Morgan fingerprint density at radius 2 is 1.73 bits per heavy atom. The molecule has 0 saturated carbocycles. The van der Waals surface area contributed by atoms with Gasteiger partial charge in [-0.15, -0.1) is 12.6 Å². The monoisotopic (exact) mass is 168 g/mol. The Morgan fingerprint density at radius 3 is 2.27 bits per heavy atom. The zero-order valence-corrected chi connectivity index (χ0v) is 7.87. The van der Waals surface area contributed by atoms with E-state index in [4.69, 9.17) is 0 Å². The van der Waals surface area contributed by atoms with Gasteiger partial charge in [0.05, 0.1) is 0 Å². The highest BCUT2D eigenvalue weighted by Crippen LogP contribution is 2.29. The number of aromatic hydroxyl groups is 1. The van der Waals surface area contributed by atoms with Gasteiger partial charge in [0, 0.05) is 4.90 Å². The number of aryl methyl sites for hydroxylation is 1. The molecule has 0 heterocycles. The molecule has 0 amide bonds. The van der Waals surface area contributed by atoms with Gasteiger partial charge in [-0.25, -0.2) is 0 Å². The number of benzene rings is 1. The van der Waals surface area contributed by atoms with E-state index in [9.17, 15) is 5.11 Å². The molecule has 0 fully saturated rings. The smallest absolute Gasteiger partial charge is 0.129 e.